The highest BCUT2D eigenvalue weighted by Crippen LogP contribution is 2.19. The van der Waals surface area contributed by atoms with Crippen molar-refractivity contribution in [1.29, 1.82) is 0 Å². The van der Waals surface area contributed by atoms with Crippen molar-refractivity contribution in [1.82, 2.24) is 29.3 Å². The van der Waals surface area contributed by atoms with E-state index in [1.165, 1.54) is 18.1 Å². The summed E-state index contributed by atoms with van der Waals surface area (Å²) in [7, 11) is 1.37. The fourth-order valence-electron chi connectivity index (χ4n) is 4.95. The molecule has 0 spiro atoms. The van der Waals surface area contributed by atoms with Crippen molar-refractivity contribution in [2.24, 2.45) is 0 Å². The van der Waals surface area contributed by atoms with Crippen LogP contribution in [-0.2, 0) is 33.8 Å². The summed E-state index contributed by atoms with van der Waals surface area (Å²) >= 11 is 0. The topological polar surface area (TPSA) is 149 Å². The van der Waals surface area contributed by atoms with Crippen molar-refractivity contribution >= 4 is 28.9 Å². The molecule has 2 aromatic heterocycles. The van der Waals surface area contributed by atoms with Crippen LogP contribution in [0.3, 0.4) is 0 Å². The third kappa shape index (κ3) is 8.29. The fraction of sp³-hybridized carbons (Fsp3) is 0.552. The Kier molecular flexibility index (Phi) is 10.7. The number of hydrogen-bond donors (Lipinski definition) is 2. The minimum atomic E-state index is -0.334. The number of likely N-dealkylation sites (tertiary alicyclic amines) is 1. The van der Waals surface area contributed by atoms with Gasteiger partial charge in [-0.25, -0.2) is 4.79 Å². The van der Waals surface area contributed by atoms with E-state index in [-0.39, 0.29) is 35.8 Å². The Balaban J connectivity index is 1.46. The lowest BCUT2D eigenvalue weighted by molar-refractivity contribution is -0.139. The highest BCUT2D eigenvalue weighted by atomic mass is 16.5. The molecule has 41 heavy (non-hydrogen) atoms. The van der Waals surface area contributed by atoms with Gasteiger partial charge in [0.1, 0.15) is 5.52 Å². The molecule has 1 aliphatic rings. The number of aromatic nitrogens is 4. The van der Waals surface area contributed by atoms with Gasteiger partial charge in [-0.2, -0.15) is 9.97 Å². The van der Waals surface area contributed by atoms with Crippen LogP contribution >= 0.6 is 0 Å². The first-order valence-corrected chi connectivity index (χ1v) is 14.4. The molecule has 3 heterocycles. The second-order valence-corrected chi connectivity index (χ2v) is 10.4. The Hall–Kier alpha value is -3.93. The molecule has 1 fully saturated rings. The number of piperidine rings is 1. The zero-order valence-electron chi connectivity index (χ0n) is 24.1. The number of H-pyrrole nitrogens is 1. The molecule has 0 aliphatic carbocycles. The zero-order chi connectivity index (χ0) is 29.2. The number of ether oxygens (including phenoxy) is 2. The Bertz CT molecular complexity index is 1360. The number of aromatic amines is 1. The maximum Gasteiger partial charge on any atom is 0.327 e. The van der Waals surface area contributed by atoms with Gasteiger partial charge >= 0.3 is 17.7 Å². The van der Waals surface area contributed by atoms with Crippen LogP contribution < -0.4 is 16.2 Å². The van der Waals surface area contributed by atoms with Gasteiger partial charge in [0.15, 0.2) is 11.5 Å². The first kappa shape index (κ1) is 30.0. The molecule has 0 atom stereocenters. The summed E-state index contributed by atoms with van der Waals surface area (Å²) in [5, 5.41) is 0. The lowest BCUT2D eigenvalue weighted by Crippen LogP contribution is -2.42. The van der Waals surface area contributed by atoms with Crippen molar-refractivity contribution in [3.63, 3.8) is 0 Å². The van der Waals surface area contributed by atoms with Crippen LogP contribution in [0.1, 0.15) is 56.6 Å². The third-order valence-electron chi connectivity index (χ3n) is 7.30. The van der Waals surface area contributed by atoms with Crippen LogP contribution in [0, 0.1) is 0 Å². The van der Waals surface area contributed by atoms with Crippen LogP contribution in [-0.4, -0.2) is 81.1 Å². The number of nitrogens with two attached hydrogens (primary N) is 1. The van der Waals surface area contributed by atoms with Gasteiger partial charge in [-0.05, 0) is 49.9 Å². The Labute approximate surface area is 239 Å². The van der Waals surface area contributed by atoms with Crippen LogP contribution in [0.2, 0.25) is 0 Å². The van der Waals surface area contributed by atoms with E-state index in [0.717, 1.165) is 49.9 Å². The molecular formula is C29H41N7O5. The van der Waals surface area contributed by atoms with Gasteiger partial charge in [-0.1, -0.05) is 44.0 Å². The quantitative estimate of drug-likeness (QED) is 0.221. The van der Waals surface area contributed by atoms with Gasteiger partial charge in [0.05, 0.1) is 26.7 Å². The molecule has 1 saturated heterocycles. The molecule has 1 amide bonds. The average Bonchev–Trinajstić information content (AvgIpc) is 3.29. The number of hydrogen-bond acceptors (Lipinski definition) is 9. The standard InChI is InChI=1S/C29H41N7O5/c1-3-4-17-41-28-32-26(30)25-27(33-28)36(29(39)31-25)16-8-15-35(23(37)20-34-13-6-5-7-14-34)19-22-11-9-21(10-12-22)18-24(38)40-2/h9-12H,3-8,13-20H2,1-2H3,(H,31,39)(H2,30,32,33). The number of nitrogen functional groups attached to an aromatic ring is 1. The van der Waals surface area contributed by atoms with E-state index in [2.05, 4.69) is 26.8 Å². The number of esters is 1. The largest absolute Gasteiger partial charge is 0.469 e. The highest BCUT2D eigenvalue weighted by Gasteiger charge is 2.20. The molecule has 12 nitrogen and oxygen atoms in total. The second kappa shape index (κ2) is 14.6. The van der Waals surface area contributed by atoms with Crippen LogP contribution in [0.25, 0.3) is 11.2 Å². The van der Waals surface area contributed by atoms with Crippen molar-refractivity contribution in [3.05, 3.63) is 45.9 Å². The predicted octanol–water partition coefficient (Wildman–Crippen LogP) is 2.50. The third-order valence-corrected chi connectivity index (χ3v) is 7.30. The Morgan fingerprint density at radius 2 is 1.80 bits per heavy atom. The molecule has 0 unspecified atom stereocenters. The maximum absolute atomic E-state index is 13.4. The number of carbonyl (C=O) groups is 2. The number of imidazole rings is 1. The summed E-state index contributed by atoms with van der Waals surface area (Å²) in [6.45, 7) is 5.98. The highest BCUT2D eigenvalue weighted by molar-refractivity contribution is 5.82. The number of benzene rings is 1. The summed E-state index contributed by atoms with van der Waals surface area (Å²) in [5.41, 5.74) is 8.33. The molecule has 1 aliphatic heterocycles. The molecule has 222 valence electrons. The van der Waals surface area contributed by atoms with E-state index in [0.29, 0.717) is 50.4 Å². The number of aryl methyl sites for hydroxylation is 1. The summed E-state index contributed by atoms with van der Waals surface area (Å²) in [6.07, 6.45) is 5.97. The second-order valence-electron chi connectivity index (χ2n) is 10.4. The van der Waals surface area contributed by atoms with Crippen molar-refractivity contribution in [2.45, 2.75) is 65.0 Å². The summed E-state index contributed by atoms with van der Waals surface area (Å²) in [4.78, 5) is 53.2. The number of nitrogens with one attached hydrogen (secondary N) is 1. The normalized spacial score (nSPS) is 13.8. The van der Waals surface area contributed by atoms with Gasteiger partial charge in [0.2, 0.25) is 5.91 Å². The number of rotatable bonds is 14. The van der Waals surface area contributed by atoms with E-state index >= 15 is 0 Å². The smallest absolute Gasteiger partial charge is 0.327 e. The van der Waals surface area contributed by atoms with Crippen molar-refractivity contribution in [3.8, 4) is 6.01 Å². The van der Waals surface area contributed by atoms with E-state index in [1.54, 1.807) is 0 Å². The number of amides is 1. The number of fused-ring (bicyclic) bond motifs is 1. The minimum absolute atomic E-state index is 0.0509. The first-order valence-electron chi connectivity index (χ1n) is 14.4. The molecule has 0 bridgehead atoms. The van der Waals surface area contributed by atoms with Crippen LogP contribution in [0.5, 0.6) is 6.01 Å². The Morgan fingerprint density at radius 3 is 2.51 bits per heavy atom. The molecule has 3 N–H and O–H groups in total. The van der Waals surface area contributed by atoms with Crippen molar-refractivity contribution in [2.75, 3.05) is 45.6 Å². The van der Waals surface area contributed by atoms with E-state index in [4.69, 9.17) is 15.2 Å². The molecule has 4 rings (SSSR count). The van der Waals surface area contributed by atoms with Crippen molar-refractivity contribution < 1.29 is 19.1 Å². The van der Waals surface area contributed by atoms with Gasteiger partial charge in [-0.3, -0.25) is 19.1 Å². The fourth-order valence-corrected chi connectivity index (χ4v) is 4.95. The SMILES string of the molecule is CCCCOc1nc(N)c2[nH]c(=O)n(CCCN(Cc3ccc(CC(=O)OC)cc3)C(=O)CN3CCCCC3)c2n1. The van der Waals surface area contributed by atoms with Gasteiger partial charge in [0, 0.05) is 19.6 Å². The minimum Gasteiger partial charge on any atom is -0.469 e. The van der Waals surface area contributed by atoms with E-state index in [1.807, 2.05) is 29.2 Å². The summed E-state index contributed by atoms with van der Waals surface area (Å²) < 4.78 is 11.9. The Morgan fingerprint density at radius 1 is 1.07 bits per heavy atom. The molecule has 3 aromatic rings. The molecule has 12 heteroatoms. The summed E-state index contributed by atoms with van der Waals surface area (Å²) in [5.74, 6) is -0.0865. The lowest BCUT2D eigenvalue weighted by Gasteiger charge is -2.30. The summed E-state index contributed by atoms with van der Waals surface area (Å²) in [6, 6.07) is 7.78. The number of methoxy groups -OCH3 is 1. The predicted molar refractivity (Wildman–Crippen MR) is 155 cm³/mol. The zero-order valence-corrected chi connectivity index (χ0v) is 24.1. The number of unbranched alkanes of at least 4 members (excludes halogenated alkanes) is 1. The lowest BCUT2D eigenvalue weighted by atomic mass is 10.1. The van der Waals surface area contributed by atoms with Crippen LogP contribution in [0.15, 0.2) is 29.1 Å². The van der Waals surface area contributed by atoms with E-state index < -0.39 is 0 Å². The first-order chi connectivity index (χ1) is 19.9. The average molecular weight is 568 g/mol. The van der Waals surface area contributed by atoms with Crippen LogP contribution in [0.4, 0.5) is 5.82 Å². The molecule has 0 saturated carbocycles. The maximum atomic E-state index is 13.4. The van der Waals surface area contributed by atoms with Gasteiger partial charge < -0.3 is 25.1 Å². The monoisotopic (exact) mass is 567 g/mol. The van der Waals surface area contributed by atoms with Gasteiger partial charge in [0.25, 0.3) is 0 Å². The number of nitrogens with zero attached hydrogens (tertiary/aromatic N) is 5. The molecule has 0 radical (unpaired) electrons. The van der Waals surface area contributed by atoms with Gasteiger partial charge in [-0.15, -0.1) is 0 Å². The molecule has 1 aromatic carbocycles. The number of carbonyl (C=O) groups excluding carboxylic acids is 2. The van der Waals surface area contributed by atoms with E-state index in [9.17, 15) is 14.4 Å². The molecular weight excluding hydrogens is 526 g/mol. The number of anilines is 1.